The van der Waals surface area contributed by atoms with Crippen LogP contribution in [0.1, 0.15) is 5.56 Å². The van der Waals surface area contributed by atoms with Crippen molar-refractivity contribution >= 4 is 36.0 Å². The summed E-state index contributed by atoms with van der Waals surface area (Å²) in [6.45, 7) is 2.05. The van der Waals surface area contributed by atoms with Crippen LogP contribution in [0.25, 0.3) is 10.9 Å². The van der Waals surface area contributed by atoms with Gasteiger partial charge in [0.05, 0.1) is 0 Å². The number of hydrogen-bond donors (Lipinski definition) is 1. The molecule has 1 aromatic heterocycles. The molecule has 0 spiro atoms. The summed E-state index contributed by atoms with van der Waals surface area (Å²) in [6, 6.07) is 8.15. The zero-order valence-corrected chi connectivity index (χ0v) is 10.1. The molecule has 0 atom stereocenters. The Balaban J connectivity index is 2.72. The second-order valence-electron chi connectivity index (χ2n) is 2.98. The maximum absolute atomic E-state index is 9.10. The second-order valence-corrected chi connectivity index (χ2v) is 5.27. The van der Waals surface area contributed by atoms with Gasteiger partial charge in [0.25, 0.3) is 0 Å². The number of nitrogens with zero attached hydrogens (tertiary/aromatic N) is 1. The first kappa shape index (κ1) is 8.96. The molecule has 0 amide bonds. The molecule has 0 aliphatic carbocycles. The van der Waals surface area contributed by atoms with E-state index >= 15 is 0 Å². The topological polar surface area (TPSA) is 33.1 Å². The Bertz CT molecular complexity index is 442. The van der Waals surface area contributed by atoms with E-state index in [9.17, 15) is 0 Å². The van der Waals surface area contributed by atoms with Gasteiger partial charge in [-0.25, -0.2) is 0 Å². The van der Waals surface area contributed by atoms with Crippen molar-refractivity contribution in [1.29, 1.82) is 0 Å². The minimum absolute atomic E-state index is 1.03. The molecule has 2 radical (unpaired) electrons. The van der Waals surface area contributed by atoms with Crippen LogP contribution in [0.5, 0.6) is 0 Å². The van der Waals surface area contributed by atoms with Crippen LogP contribution >= 0.6 is 0 Å². The van der Waals surface area contributed by atoms with Crippen LogP contribution in [0.4, 0.5) is 0 Å². The fourth-order valence-corrected chi connectivity index (χ4v) is 2.35. The van der Waals surface area contributed by atoms with E-state index in [2.05, 4.69) is 4.98 Å². The zero-order chi connectivity index (χ0) is 9.26. The predicted octanol–water partition coefficient (Wildman–Crippen LogP) is 0.780. The van der Waals surface area contributed by atoms with Crippen molar-refractivity contribution < 1.29 is 3.44 Å². The van der Waals surface area contributed by atoms with Crippen molar-refractivity contribution in [3.05, 3.63) is 36.0 Å². The van der Waals surface area contributed by atoms with E-state index in [1.807, 2.05) is 31.2 Å². The molecule has 2 rings (SSSR count). The van der Waals surface area contributed by atoms with E-state index in [-0.39, 0.29) is 0 Å². The van der Waals surface area contributed by atoms with Crippen LogP contribution in [-0.2, 0) is 0 Å². The number of aryl methyl sites for hydroxylation is 1. The van der Waals surface area contributed by atoms with Crippen LogP contribution in [-0.4, -0.2) is 30.0 Å². The number of para-hydroxylation sites is 1. The number of rotatable bonds is 1. The third-order valence-electron chi connectivity index (χ3n) is 2.04. The van der Waals surface area contributed by atoms with Gasteiger partial charge in [-0.2, -0.15) is 0 Å². The molecule has 64 valence electrons. The Morgan fingerprint density at radius 1 is 1.38 bits per heavy atom. The van der Waals surface area contributed by atoms with Crippen LogP contribution in [0.3, 0.4) is 0 Å². The number of pyridine rings is 1. The van der Waals surface area contributed by atoms with Gasteiger partial charge in [-0.05, 0) is 0 Å². The third kappa shape index (κ3) is 1.69. The maximum atomic E-state index is 9.10. The van der Waals surface area contributed by atoms with E-state index in [1.165, 1.54) is 5.56 Å². The Morgan fingerprint density at radius 2 is 2.23 bits per heavy atom. The molecule has 0 saturated carbocycles. The first-order valence-electron chi connectivity index (χ1n) is 4.07. The number of hydrogen-bond acceptors (Lipinski definition) is 2. The van der Waals surface area contributed by atoms with E-state index < -0.39 is 21.6 Å². The molecule has 0 saturated heterocycles. The Kier molecular flexibility index (Phi) is 2.51. The van der Waals surface area contributed by atoms with Gasteiger partial charge < -0.3 is 0 Å². The first-order valence-corrected chi connectivity index (χ1v) is 6.77. The average Bonchev–Trinajstić information content (AvgIpc) is 2.18. The fraction of sp³-hybridized carbons (Fsp3) is 0.100. The van der Waals surface area contributed by atoms with Crippen molar-refractivity contribution in [2.24, 2.45) is 0 Å². The predicted molar refractivity (Wildman–Crippen MR) is 54.1 cm³/mol. The van der Waals surface area contributed by atoms with Crippen molar-refractivity contribution in [1.82, 2.24) is 4.98 Å². The Hall–Kier alpha value is -0.611. The summed E-state index contributed by atoms with van der Waals surface area (Å²) in [5, 5.41) is 1.13. The van der Waals surface area contributed by atoms with Gasteiger partial charge in [0.1, 0.15) is 0 Å². The minimum atomic E-state index is -1.32. The molecule has 1 aromatic carbocycles. The SMILES string of the molecule is Cc1cccc2c[c]([Sn][OH])cnc12. The molecule has 0 bridgehead atoms. The van der Waals surface area contributed by atoms with Gasteiger partial charge in [0.15, 0.2) is 0 Å². The summed E-state index contributed by atoms with van der Waals surface area (Å²) < 4.78 is 10.1. The molecule has 13 heavy (non-hydrogen) atoms. The quantitative estimate of drug-likeness (QED) is 0.782. The Labute approximate surface area is 87.4 Å². The standard InChI is InChI=1S/C10H8N.H2O.Sn/c1-8-4-2-5-9-6-3-7-11-10(8)9;;/h2,4-7H,1H3;1H2;/q;;+1/p-1. The molecular formula is C10H9NOSn. The molecule has 1 heterocycles. The molecule has 0 unspecified atom stereocenters. The molecule has 2 nitrogen and oxygen atoms in total. The van der Waals surface area contributed by atoms with E-state index in [1.54, 1.807) is 6.20 Å². The van der Waals surface area contributed by atoms with Crippen LogP contribution < -0.4 is 3.58 Å². The van der Waals surface area contributed by atoms with Gasteiger partial charge in [-0.1, -0.05) is 0 Å². The summed E-state index contributed by atoms with van der Waals surface area (Å²) in [4.78, 5) is 4.33. The zero-order valence-electron chi connectivity index (χ0n) is 7.28. The summed E-state index contributed by atoms with van der Waals surface area (Å²) in [5.74, 6) is 0. The average molecular weight is 278 g/mol. The first-order chi connectivity index (χ1) is 6.31. The molecule has 0 aliphatic heterocycles. The molecule has 2 aromatic rings. The van der Waals surface area contributed by atoms with Gasteiger partial charge in [-0.15, -0.1) is 0 Å². The molecule has 0 aliphatic rings. The van der Waals surface area contributed by atoms with Crippen molar-refractivity contribution in [3.8, 4) is 0 Å². The van der Waals surface area contributed by atoms with Crippen LogP contribution in [0.2, 0.25) is 0 Å². The van der Waals surface area contributed by atoms with Crippen molar-refractivity contribution in [3.63, 3.8) is 0 Å². The van der Waals surface area contributed by atoms with Gasteiger partial charge in [0, 0.05) is 0 Å². The summed E-state index contributed by atoms with van der Waals surface area (Å²) in [5.41, 5.74) is 2.23. The van der Waals surface area contributed by atoms with Gasteiger partial charge in [0.2, 0.25) is 0 Å². The van der Waals surface area contributed by atoms with Crippen molar-refractivity contribution in [2.75, 3.05) is 0 Å². The van der Waals surface area contributed by atoms with E-state index in [4.69, 9.17) is 3.44 Å². The molecule has 0 fully saturated rings. The fourth-order valence-electron chi connectivity index (χ4n) is 1.37. The van der Waals surface area contributed by atoms with E-state index in [0.29, 0.717) is 0 Å². The monoisotopic (exact) mass is 279 g/mol. The molecular weight excluding hydrogens is 269 g/mol. The summed E-state index contributed by atoms with van der Waals surface area (Å²) >= 11 is -1.32. The molecule has 1 N–H and O–H groups in total. The van der Waals surface area contributed by atoms with Crippen molar-refractivity contribution in [2.45, 2.75) is 6.92 Å². The molecule has 3 heteroatoms. The number of aromatic nitrogens is 1. The van der Waals surface area contributed by atoms with Crippen LogP contribution in [0, 0.1) is 6.92 Å². The second kappa shape index (κ2) is 3.63. The number of benzene rings is 1. The summed E-state index contributed by atoms with van der Waals surface area (Å²) in [6.07, 6.45) is 1.79. The van der Waals surface area contributed by atoms with Gasteiger partial charge >= 0.3 is 87.4 Å². The van der Waals surface area contributed by atoms with Gasteiger partial charge in [-0.3, -0.25) is 0 Å². The number of fused-ring (bicyclic) bond motifs is 1. The third-order valence-corrected chi connectivity index (χ3v) is 3.56. The Morgan fingerprint density at radius 3 is 3.00 bits per heavy atom. The van der Waals surface area contributed by atoms with E-state index in [0.717, 1.165) is 14.5 Å². The summed E-state index contributed by atoms with van der Waals surface area (Å²) in [7, 11) is 0. The van der Waals surface area contributed by atoms with Crippen LogP contribution in [0.15, 0.2) is 30.5 Å². The normalized spacial score (nSPS) is 10.6.